The SMILES string of the molecule is COC(=O)C1CCC(N(C)CC2CCOCC2)CC1. The molecule has 4 nitrogen and oxygen atoms in total. The number of carbonyl (C=O) groups excluding carboxylic acids is 1. The first-order chi connectivity index (χ1) is 9.20. The third kappa shape index (κ3) is 4.18. The van der Waals surface area contributed by atoms with Crippen molar-refractivity contribution in [3.63, 3.8) is 0 Å². The van der Waals surface area contributed by atoms with Crippen LogP contribution in [0, 0.1) is 11.8 Å². The first-order valence-electron chi connectivity index (χ1n) is 7.56. The van der Waals surface area contributed by atoms with Crippen molar-refractivity contribution in [2.45, 2.75) is 44.6 Å². The van der Waals surface area contributed by atoms with Gasteiger partial charge < -0.3 is 14.4 Å². The second-order valence-electron chi connectivity index (χ2n) is 6.02. The van der Waals surface area contributed by atoms with Crippen LogP contribution < -0.4 is 0 Å². The number of methoxy groups -OCH3 is 1. The average Bonchev–Trinajstić information content (AvgIpc) is 2.47. The lowest BCUT2D eigenvalue weighted by Crippen LogP contribution is -2.40. The molecule has 110 valence electrons. The normalized spacial score (nSPS) is 29.4. The molecule has 1 saturated carbocycles. The monoisotopic (exact) mass is 269 g/mol. The summed E-state index contributed by atoms with van der Waals surface area (Å²) < 4.78 is 10.3. The molecule has 2 aliphatic rings. The summed E-state index contributed by atoms with van der Waals surface area (Å²) >= 11 is 0. The Hall–Kier alpha value is -0.610. The summed E-state index contributed by atoms with van der Waals surface area (Å²) in [5, 5.41) is 0. The third-order valence-corrected chi connectivity index (χ3v) is 4.74. The van der Waals surface area contributed by atoms with Crippen LogP contribution in [0.15, 0.2) is 0 Å². The highest BCUT2D eigenvalue weighted by atomic mass is 16.5. The van der Waals surface area contributed by atoms with Crippen LogP contribution in [0.2, 0.25) is 0 Å². The third-order valence-electron chi connectivity index (χ3n) is 4.74. The molecule has 0 radical (unpaired) electrons. The molecule has 0 unspecified atom stereocenters. The summed E-state index contributed by atoms with van der Waals surface area (Å²) in [7, 11) is 3.73. The minimum absolute atomic E-state index is 0.0227. The Morgan fingerprint density at radius 2 is 1.79 bits per heavy atom. The predicted octanol–water partition coefficient (Wildman–Crippen LogP) is 2.08. The molecule has 1 aliphatic heterocycles. The summed E-state index contributed by atoms with van der Waals surface area (Å²) in [6, 6.07) is 0.642. The zero-order chi connectivity index (χ0) is 13.7. The number of carbonyl (C=O) groups is 1. The fourth-order valence-electron chi connectivity index (χ4n) is 3.40. The Kier molecular flexibility index (Phi) is 5.64. The molecule has 0 spiro atoms. The van der Waals surface area contributed by atoms with E-state index in [9.17, 15) is 4.79 Å². The van der Waals surface area contributed by atoms with E-state index in [0.29, 0.717) is 6.04 Å². The lowest BCUT2D eigenvalue weighted by molar-refractivity contribution is -0.146. The molecule has 0 atom stereocenters. The van der Waals surface area contributed by atoms with Crippen LogP contribution in [0.5, 0.6) is 0 Å². The summed E-state index contributed by atoms with van der Waals surface area (Å²) in [6.45, 7) is 3.03. The highest BCUT2D eigenvalue weighted by Crippen LogP contribution is 2.29. The van der Waals surface area contributed by atoms with Gasteiger partial charge in [0, 0.05) is 25.8 Å². The number of esters is 1. The Morgan fingerprint density at radius 3 is 2.37 bits per heavy atom. The van der Waals surface area contributed by atoms with Crippen LogP contribution >= 0.6 is 0 Å². The quantitative estimate of drug-likeness (QED) is 0.732. The molecule has 1 aliphatic carbocycles. The van der Waals surface area contributed by atoms with Crippen LogP contribution in [0.25, 0.3) is 0 Å². The van der Waals surface area contributed by atoms with Crippen molar-refractivity contribution in [3.05, 3.63) is 0 Å². The van der Waals surface area contributed by atoms with Gasteiger partial charge in [0.25, 0.3) is 0 Å². The van der Waals surface area contributed by atoms with Gasteiger partial charge in [-0.15, -0.1) is 0 Å². The number of rotatable bonds is 4. The van der Waals surface area contributed by atoms with Gasteiger partial charge in [-0.25, -0.2) is 0 Å². The summed E-state index contributed by atoms with van der Waals surface area (Å²) in [5.74, 6) is 0.903. The van der Waals surface area contributed by atoms with Gasteiger partial charge in [0.15, 0.2) is 0 Å². The van der Waals surface area contributed by atoms with Gasteiger partial charge in [-0.05, 0) is 51.5 Å². The van der Waals surface area contributed by atoms with Crippen LogP contribution in [0.1, 0.15) is 38.5 Å². The van der Waals surface area contributed by atoms with E-state index in [1.54, 1.807) is 0 Å². The van der Waals surface area contributed by atoms with Crippen molar-refractivity contribution >= 4 is 5.97 Å². The molecule has 0 amide bonds. The van der Waals surface area contributed by atoms with Gasteiger partial charge >= 0.3 is 5.97 Å². The summed E-state index contributed by atoms with van der Waals surface area (Å²) in [6.07, 6.45) is 6.60. The second-order valence-corrected chi connectivity index (χ2v) is 6.02. The highest BCUT2D eigenvalue weighted by molar-refractivity contribution is 5.72. The van der Waals surface area contributed by atoms with Crippen molar-refractivity contribution < 1.29 is 14.3 Å². The lowest BCUT2D eigenvalue weighted by Gasteiger charge is -2.36. The van der Waals surface area contributed by atoms with E-state index in [2.05, 4.69) is 11.9 Å². The second kappa shape index (κ2) is 7.25. The van der Waals surface area contributed by atoms with Crippen molar-refractivity contribution in [1.82, 2.24) is 4.90 Å². The van der Waals surface area contributed by atoms with E-state index >= 15 is 0 Å². The zero-order valence-electron chi connectivity index (χ0n) is 12.3. The Labute approximate surface area is 116 Å². The molecule has 0 bridgehead atoms. The van der Waals surface area contributed by atoms with Gasteiger partial charge in [0.2, 0.25) is 0 Å². The number of hydrogen-bond acceptors (Lipinski definition) is 4. The first kappa shape index (κ1) is 14.8. The van der Waals surface area contributed by atoms with E-state index < -0.39 is 0 Å². The molecule has 0 aromatic carbocycles. The molecule has 19 heavy (non-hydrogen) atoms. The molecule has 2 rings (SSSR count). The smallest absolute Gasteiger partial charge is 0.308 e. The van der Waals surface area contributed by atoms with E-state index in [-0.39, 0.29) is 11.9 Å². The molecule has 0 aromatic rings. The molecular formula is C15H27NO3. The van der Waals surface area contributed by atoms with E-state index in [4.69, 9.17) is 9.47 Å². The Bertz CT molecular complexity index is 281. The van der Waals surface area contributed by atoms with Gasteiger partial charge in [0.1, 0.15) is 0 Å². The fourth-order valence-corrected chi connectivity index (χ4v) is 3.40. The van der Waals surface area contributed by atoms with Gasteiger partial charge in [-0.3, -0.25) is 4.79 Å². The summed E-state index contributed by atoms with van der Waals surface area (Å²) in [4.78, 5) is 14.0. The number of nitrogens with zero attached hydrogens (tertiary/aromatic N) is 1. The maximum atomic E-state index is 11.5. The average molecular weight is 269 g/mol. The van der Waals surface area contributed by atoms with Gasteiger partial charge in [-0.2, -0.15) is 0 Å². The predicted molar refractivity (Wildman–Crippen MR) is 73.9 cm³/mol. The Morgan fingerprint density at radius 1 is 1.16 bits per heavy atom. The Balaban J connectivity index is 1.72. The maximum absolute atomic E-state index is 11.5. The van der Waals surface area contributed by atoms with Crippen LogP contribution in [-0.2, 0) is 14.3 Å². The highest BCUT2D eigenvalue weighted by Gasteiger charge is 2.29. The molecule has 1 heterocycles. The molecular weight excluding hydrogens is 242 g/mol. The largest absolute Gasteiger partial charge is 0.469 e. The maximum Gasteiger partial charge on any atom is 0.308 e. The zero-order valence-corrected chi connectivity index (χ0v) is 12.3. The van der Waals surface area contributed by atoms with Crippen molar-refractivity contribution in [2.75, 3.05) is 33.9 Å². The minimum Gasteiger partial charge on any atom is -0.469 e. The molecule has 4 heteroatoms. The van der Waals surface area contributed by atoms with Crippen molar-refractivity contribution in [3.8, 4) is 0 Å². The standard InChI is InChI=1S/C15H27NO3/c1-16(11-12-7-9-19-10-8-12)14-5-3-13(4-6-14)15(17)18-2/h12-14H,3-11H2,1-2H3. The van der Waals surface area contributed by atoms with Gasteiger partial charge in [0.05, 0.1) is 13.0 Å². The molecule has 0 N–H and O–H groups in total. The van der Waals surface area contributed by atoms with Crippen LogP contribution in [-0.4, -0.2) is 50.8 Å². The van der Waals surface area contributed by atoms with E-state index in [1.807, 2.05) is 0 Å². The molecule has 2 fully saturated rings. The number of ether oxygens (including phenoxy) is 2. The fraction of sp³-hybridized carbons (Fsp3) is 0.933. The van der Waals surface area contributed by atoms with E-state index in [1.165, 1.54) is 26.5 Å². The van der Waals surface area contributed by atoms with Crippen LogP contribution in [0.4, 0.5) is 0 Å². The topological polar surface area (TPSA) is 38.8 Å². The first-order valence-corrected chi connectivity index (χ1v) is 7.56. The lowest BCUT2D eigenvalue weighted by atomic mass is 9.85. The van der Waals surface area contributed by atoms with Crippen molar-refractivity contribution in [2.24, 2.45) is 11.8 Å². The molecule has 1 saturated heterocycles. The number of hydrogen-bond donors (Lipinski definition) is 0. The molecule has 0 aromatic heterocycles. The van der Waals surface area contributed by atoms with Gasteiger partial charge in [-0.1, -0.05) is 0 Å². The van der Waals surface area contributed by atoms with Crippen molar-refractivity contribution in [1.29, 1.82) is 0 Å². The van der Waals surface area contributed by atoms with E-state index in [0.717, 1.165) is 44.8 Å². The summed E-state index contributed by atoms with van der Waals surface area (Å²) in [5.41, 5.74) is 0. The van der Waals surface area contributed by atoms with Crippen LogP contribution in [0.3, 0.4) is 0 Å². The minimum atomic E-state index is -0.0227.